The van der Waals surface area contributed by atoms with Crippen LogP contribution in [0.1, 0.15) is 81.6 Å². The molecular weight excluding hydrogens is 542 g/mol. The van der Waals surface area contributed by atoms with Crippen molar-refractivity contribution in [3.63, 3.8) is 0 Å². The first-order chi connectivity index (χ1) is 20.8. The predicted octanol–water partition coefficient (Wildman–Crippen LogP) is 3.79. The number of hydrogen-bond acceptors (Lipinski definition) is 6. The van der Waals surface area contributed by atoms with Gasteiger partial charge in [0, 0.05) is 55.6 Å². The van der Waals surface area contributed by atoms with Gasteiger partial charge in [-0.05, 0) is 70.2 Å². The number of anilines is 2. The molecule has 1 heterocycles. The van der Waals surface area contributed by atoms with E-state index in [0.29, 0.717) is 24.9 Å². The van der Waals surface area contributed by atoms with E-state index in [1.165, 1.54) is 6.42 Å². The van der Waals surface area contributed by atoms with Crippen LogP contribution in [0.25, 0.3) is 0 Å². The number of hydrogen-bond donors (Lipinski definition) is 4. The van der Waals surface area contributed by atoms with Gasteiger partial charge in [0.15, 0.2) is 0 Å². The van der Waals surface area contributed by atoms with Crippen molar-refractivity contribution >= 4 is 29.1 Å². The average Bonchev–Trinajstić information content (AvgIpc) is 3.46. The van der Waals surface area contributed by atoms with Gasteiger partial charge in [0.2, 0.25) is 11.8 Å². The highest BCUT2D eigenvalue weighted by Gasteiger charge is 2.27. The smallest absolute Gasteiger partial charge is 0.251 e. The lowest BCUT2D eigenvalue weighted by molar-refractivity contribution is -0.123. The maximum atomic E-state index is 13.8. The minimum Gasteiger partial charge on any atom is -0.390 e. The van der Waals surface area contributed by atoms with Crippen molar-refractivity contribution in [2.45, 2.75) is 96.4 Å². The topological polar surface area (TPSA) is 114 Å². The highest BCUT2D eigenvalue weighted by atomic mass is 16.3. The van der Waals surface area contributed by atoms with Gasteiger partial charge in [0.25, 0.3) is 5.91 Å². The zero-order valence-electron chi connectivity index (χ0n) is 26.0. The monoisotopic (exact) mass is 591 g/mol. The van der Waals surface area contributed by atoms with Crippen LogP contribution in [0.4, 0.5) is 11.4 Å². The summed E-state index contributed by atoms with van der Waals surface area (Å²) in [5, 5.41) is 20.7. The highest BCUT2D eigenvalue weighted by molar-refractivity contribution is 6.00. The molecule has 2 aromatic carbocycles. The summed E-state index contributed by atoms with van der Waals surface area (Å²) in [5.74, 6) is -0.321. The Morgan fingerprint density at radius 3 is 2.40 bits per heavy atom. The van der Waals surface area contributed by atoms with Crippen LogP contribution in [0.5, 0.6) is 0 Å². The van der Waals surface area contributed by atoms with Crippen molar-refractivity contribution in [2.75, 3.05) is 36.0 Å². The molecule has 3 amide bonds. The summed E-state index contributed by atoms with van der Waals surface area (Å²) < 4.78 is 0. The largest absolute Gasteiger partial charge is 0.390 e. The minimum absolute atomic E-state index is 0.0631. The van der Waals surface area contributed by atoms with Crippen molar-refractivity contribution < 1.29 is 19.5 Å². The van der Waals surface area contributed by atoms with Crippen LogP contribution in [-0.4, -0.2) is 73.2 Å². The second-order valence-electron chi connectivity index (χ2n) is 11.9. The molecule has 0 unspecified atom stereocenters. The Hall–Kier alpha value is -3.43. The molecule has 1 saturated heterocycles. The number of carbonyl (C=O) groups excluding carboxylic acids is 3. The standard InChI is InChI=1S/C34H49N5O4/c1-4-38(5-2)28-20-26(21-29(22-28)39-18-12-17-32(39)41)34(43)37-30(19-25-13-8-6-9-14-25)31(40)23-35-24(3)33(42)36-27-15-10-7-11-16-27/h6,8-9,13-14,20-22,24,27,30-31,35,40H,4-5,7,10-12,15-19,23H2,1-3H3,(H,36,42)(H,37,43)/t24-,30-,31+/m0/s1. The zero-order valence-corrected chi connectivity index (χ0v) is 26.0. The minimum atomic E-state index is -0.945. The van der Waals surface area contributed by atoms with Crippen molar-refractivity contribution in [2.24, 2.45) is 0 Å². The maximum Gasteiger partial charge on any atom is 0.251 e. The molecule has 2 aromatic rings. The molecule has 2 fully saturated rings. The molecule has 0 aromatic heterocycles. The lowest BCUT2D eigenvalue weighted by Gasteiger charge is -2.28. The molecule has 1 saturated carbocycles. The van der Waals surface area contributed by atoms with Gasteiger partial charge < -0.3 is 30.9 Å². The molecule has 0 bridgehead atoms. The Kier molecular flexibility index (Phi) is 12.0. The third-order valence-corrected chi connectivity index (χ3v) is 8.74. The molecular formula is C34H49N5O4. The normalized spacial score (nSPS) is 17.8. The van der Waals surface area contributed by atoms with Crippen LogP contribution in [0.3, 0.4) is 0 Å². The van der Waals surface area contributed by atoms with E-state index in [9.17, 15) is 19.5 Å². The molecule has 0 spiro atoms. The highest BCUT2D eigenvalue weighted by Crippen LogP contribution is 2.29. The molecule has 4 rings (SSSR count). The van der Waals surface area contributed by atoms with Crippen LogP contribution < -0.4 is 25.8 Å². The Morgan fingerprint density at radius 2 is 1.74 bits per heavy atom. The third kappa shape index (κ3) is 9.03. The van der Waals surface area contributed by atoms with E-state index >= 15 is 0 Å². The number of aliphatic hydroxyl groups excluding tert-OH is 1. The molecule has 2 aliphatic rings. The van der Waals surface area contributed by atoms with E-state index < -0.39 is 18.2 Å². The van der Waals surface area contributed by atoms with Crippen molar-refractivity contribution in [3.8, 4) is 0 Å². The number of aliphatic hydroxyl groups is 1. The van der Waals surface area contributed by atoms with Gasteiger partial charge in [-0.2, -0.15) is 0 Å². The molecule has 1 aliphatic carbocycles. The first-order valence-corrected chi connectivity index (χ1v) is 16.1. The number of benzene rings is 2. The Bertz CT molecular complexity index is 1210. The van der Waals surface area contributed by atoms with Gasteiger partial charge in [-0.3, -0.25) is 14.4 Å². The molecule has 9 heteroatoms. The van der Waals surface area contributed by atoms with E-state index in [2.05, 4.69) is 34.7 Å². The number of nitrogens with one attached hydrogen (secondary N) is 3. The van der Waals surface area contributed by atoms with E-state index in [4.69, 9.17) is 0 Å². The number of nitrogens with zero attached hydrogens (tertiary/aromatic N) is 2. The van der Waals surface area contributed by atoms with E-state index in [1.54, 1.807) is 17.9 Å². The molecule has 9 nitrogen and oxygen atoms in total. The second kappa shape index (κ2) is 15.9. The summed E-state index contributed by atoms with van der Waals surface area (Å²) in [7, 11) is 0. The van der Waals surface area contributed by atoms with Crippen molar-refractivity contribution in [1.82, 2.24) is 16.0 Å². The molecule has 1 aliphatic heterocycles. The Balaban J connectivity index is 1.49. The second-order valence-corrected chi connectivity index (χ2v) is 11.9. The summed E-state index contributed by atoms with van der Waals surface area (Å²) in [5.41, 5.74) is 3.02. The lowest BCUT2D eigenvalue weighted by atomic mass is 9.95. The summed E-state index contributed by atoms with van der Waals surface area (Å²) in [6.45, 7) is 8.23. The summed E-state index contributed by atoms with van der Waals surface area (Å²) in [6, 6.07) is 14.5. The summed E-state index contributed by atoms with van der Waals surface area (Å²) >= 11 is 0. The van der Waals surface area contributed by atoms with Crippen molar-refractivity contribution in [1.29, 1.82) is 0 Å². The predicted molar refractivity (Wildman–Crippen MR) is 171 cm³/mol. The fourth-order valence-corrected chi connectivity index (χ4v) is 6.08. The first-order valence-electron chi connectivity index (χ1n) is 16.1. The Labute approximate surface area is 256 Å². The van der Waals surface area contributed by atoms with Crippen LogP contribution in [-0.2, 0) is 16.0 Å². The first kappa shape index (κ1) is 32.5. The van der Waals surface area contributed by atoms with E-state index in [0.717, 1.165) is 62.1 Å². The fraction of sp³-hybridized carbons (Fsp3) is 0.559. The van der Waals surface area contributed by atoms with Crippen LogP contribution >= 0.6 is 0 Å². The van der Waals surface area contributed by atoms with E-state index in [-0.39, 0.29) is 30.3 Å². The van der Waals surface area contributed by atoms with Gasteiger partial charge in [-0.25, -0.2) is 0 Å². The van der Waals surface area contributed by atoms with Crippen LogP contribution in [0, 0.1) is 0 Å². The number of carbonyl (C=O) groups is 3. The number of rotatable bonds is 14. The van der Waals surface area contributed by atoms with Gasteiger partial charge in [0.1, 0.15) is 0 Å². The summed E-state index contributed by atoms with van der Waals surface area (Å²) in [4.78, 5) is 43.1. The Morgan fingerprint density at radius 1 is 1.02 bits per heavy atom. The quantitative estimate of drug-likeness (QED) is 0.266. The van der Waals surface area contributed by atoms with Crippen LogP contribution in [0.15, 0.2) is 48.5 Å². The zero-order chi connectivity index (χ0) is 30.8. The molecule has 43 heavy (non-hydrogen) atoms. The van der Waals surface area contributed by atoms with Crippen molar-refractivity contribution in [3.05, 3.63) is 59.7 Å². The van der Waals surface area contributed by atoms with Gasteiger partial charge in [-0.1, -0.05) is 49.6 Å². The molecule has 3 atom stereocenters. The molecule has 4 N–H and O–H groups in total. The van der Waals surface area contributed by atoms with Gasteiger partial charge in [0.05, 0.1) is 18.2 Å². The summed E-state index contributed by atoms with van der Waals surface area (Å²) in [6.07, 6.45) is 6.30. The SMILES string of the molecule is CCN(CC)c1cc(C(=O)N[C@@H](Cc2ccccc2)[C@H](O)CN[C@@H](C)C(=O)NC2CCCCC2)cc(N2CCCC2=O)c1. The van der Waals surface area contributed by atoms with E-state index in [1.807, 2.05) is 42.5 Å². The van der Waals surface area contributed by atoms with Gasteiger partial charge in [-0.15, -0.1) is 0 Å². The lowest BCUT2D eigenvalue weighted by Crippen LogP contribution is -2.53. The third-order valence-electron chi connectivity index (χ3n) is 8.74. The van der Waals surface area contributed by atoms with Gasteiger partial charge >= 0.3 is 0 Å². The molecule has 234 valence electrons. The average molecular weight is 592 g/mol. The fourth-order valence-electron chi connectivity index (χ4n) is 6.08. The molecule has 0 radical (unpaired) electrons. The van der Waals surface area contributed by atoms with Crippen LogP contribution in [0.2, 0.25) is 0 Å². The number of amides is 3. The maximum absolute atomic E-state index is 13.8.